The van der Waals surface area contributed by atoms with E-state index in [-0.39, 0.29) is 6.04 Å². The number of aryl methyl sites for hydroxylation is 1. The Morgan fingerprint density at radius 1 is 1.36 bits per heavy atom. The molecule has 1 aromatic carbocycles. The van der Waals surface area contributed by atoms with Gasteiger partial charge < -0.3 is 0 Å². The fourth-order valence-corrected chi connectivity index (χ4v) is 2.25. The predicted molar refractivity (Wildman–Crippen MR) is 68.8 cm³/mol. The molecular weight excluding hydrogens is 287 g/mol. The molecule has 3 N–H and O–H groups in total. The minimum Gasteiger partial charge on any atom is -0.271 e. The number of hydrogen-bond acceptors (Lipinski definition) is 2. The summed E-state index contributed by atoms with van der Waals surface area (Å²) in [6, 6.07) is 6.58. The van der Waals surface area contributed by atoms with Crippen molar-refractivity contribution in [3.63, 3.8) is 0 Å². The van der Waals surface area contributed by atoms with Crippen LogP contribution in [0.1, 0.15) is 31.0 Å². The monoisotopic (exact) mass is 304 g/mol. The van der Waals surface area contributed by atoms with Gasteiger partial charge in [-0.1, -0.05) is 32.0 Å². The molecule has 0 radical (unpaired) electrons. The van der Waals surface area contributed by atoms with E-state index in [1.54, 1.807) is 0 Å². The van der Waals surface area contributed by atoms with Crippen molar-refractivity contribution in [1.29, 1.82) is 0 Å². The number of hydrogen-bond donors (Lipinski definition) is 2. The number of nitrogens with two attached hydrogens (primary N) is 1. The number of nitrogens with one attached hydrogen (secondary N) is 1. The first-order chi connectivity index (χ1) is 6.57. The topological polar surface area (TPSA) is 38.0 Å². The minimum atomic E-state index is 0.238. The van der Waals surface area contributed by atoms with Gasteiger partial charge in [-0.2, -0.15) is 0 Å². The smallest absolute Gasteiger partial charge is 0.0493 e. The first-order valence-electron chi connectivity index (χ1n) is 4.79. The lowest BCUT2D eigenvalue weighted by Crippen LogP contribution is -2.32. The van der Waals surface area contributed by atoms with Crippen LogP contribution < -0.4 is 11.3 Å². The average Bonchev–Trinajstić information content (AvgIpc) is 2.13. The van der Waals surface area contributed by atoms with E-state index in [4.69, 9.17) is 5.84 Å². The molecule has 0 aromatic heterocycles. The highest BCUT2D eigenvalue weighted by Crippen LogP contribution is 2.27. The molecule has 78 valence electrons. The van der Waals surface area contributed by atoms with E-state index in [2.05, 4.69) is 67.0 Å². The van der Waals surface area contributed by atoms with Crippen molar-refractivity contribution in [1.82, 2.24) is 5.43 Å². The van der Waals surface area contributed by atoms with Gasteiger partial charge in [0.2, 0.25) is 0 Å². The molecule has 0 bridgehead atoms. The Bertz CT molecular complexity index is 310. The van der Waals surface area contributed by atoms with Gasteiger partial charge in [0, 0.05) is 9.61 Å². The van der Waals surface area contributed by atoms with Crippen LogP contribution in [-0.4, -0.2) is 0 Å². The van der Waals surface area contributed by atoms with Crippen molar-refractivity contribution < 1.29 is 0 Å². The van der Waals surface area contributed by atoms with E-state index in [0.717, 1.165) is 0 Å². The van der Waals surface area contributed by atoms with Gasteiger partial charge in [-0.25, -0.2) is 0 Å². The second kappa shape index (κ2) is 5.09. The molecule has 3 heteroatoms. The van der Waals surface area contributed by atoms with Crippen LogP contribution in [0, 0.1) is 16.4 Å². The standard InChI is InChI=1S/C11H17IN2/c1-7(2)11(14-13)9-6-4-5-8(3)10(9)12/h4-7,11,14H,13H2,1-3H3. The molecule has 0 aliphatic heterocycles. The Hall–Kier alpha value is -0.130. The van der Waals surface area contributed by atoms with Crippen LogP contribution in [0.2, 0.25) is 0 Å². The van der Waals surface area contributed by atoms with E-state index in [9.17, 15) is 0 Å². The summed E-state index contributed by atoms with van der Waals surface area (Å²) in [6.45, 7) is 6.46. The lowest BCUT2D eigenvalue weighted by molar-refractivity contribution is 0.419. The van der Waals surface area contributed by atoms with E-state index in [1.165, 1.54) is 14.7 Å². The molecule has 0 heterocycles. The first kappa shape index (κ1) is 11.9. The fraction of sp³-hybridized carbons (Fsp3) is 0.455. The molecule has 1 atom stereocenters. The highest BCUT2D eigenvalue weighted by molar-refractivity contribution is 14.1. The molecular formula is C11H17IN2. The van der Waals surface area contributed by atoms with Crippen molar-refractivity contribution in [2.75, 3.05) is 0 Å². The largest absolute Gasteiger partial charge is 0.271 e. The van der Waals surface area contributed by atoms with Gasteiger partial charge >= 0.3 is 0 Å². The van der Waals surface area contributed by atoms with Crippen LogP contribution in [-0.2, 0) is 0 Å². The third kappa shape index (κ3) is 2.46. The highest BCUT2D eigenvalue weighted by Gasteiger charge is 2.16. The van der Waals surface area contributed by atoms with Crippen LogP contribution in [0.25, 0.3) is 0 Å². The molecule has 1 aromatic rings. The molecule has 1 unspecified atom stereocenters. The second-order valence-electron chi connectivity index (χ2n) is 3.87. The Morgan fingerprint density at radius 2 is 2.00 bits per heavy atom. The van der Waals surface area contributed by atoms with Crippen molar-refractivity contribution in [2.24, 2.45) is 11.8 Å². The van der Waals surface area contributed by atoms with Crippen LogP contribution in [0.15, 0.2) is 18.2 Å². The van der Waals surface area contributed by atoms with Gasteiger partial charge in [-0.3, -0.25) is 11.3 Å². The summed E-state index contributed by atoms with van der Waals surface area (Å²) in [7, 11) is 0. The maximum absolute atomic E-state index is 5.57. The molecule has 2 nitrogen and oxygen atoms in total. The summed E-state index contributed by atoms with van der Waals surface area (Å²) < 4.78 is 1.31. The first-order valence-corrected chi connectivity index (χ1v) is 5.87. The van der Waals surface area contributed by atoms with E-state index >= 15 is 0 Å². The van der Waals surface area contributed by atoms with E-state index in [0.29, 0.717) is 5.92 Å². The maximum atomic E-state index is 5.57. The van der Waals surface area contributed by atoms with Crippen LogP contribution in [0.5, 0.6) is 0 Å². The van der Waals surface area contributed by atoms with E-state index < -0.39 is 0 Å². The van der Waals surface area contributed by atoms with E-state index in [1.807, 2.05) is 0 Å². The summed E-state index contributed by atoms with van der Waals surface area (Å²) in [5, 5.41) is 0. The van der Waals surface area contributed by atoms with Crippen molar-refractivity contribution in [3.05, 3.63) is 32.9 Å². The van der Waals surface area contributed by atoms with Crippen LogP contribution in [0.3, 0.4) is 0 Å². The molecule has 0 aliphatic rings. The zero-order valence-corrected chi connectivity index (χ0v) is 11.0. The zero-order valence-electron chi connectivity index (χ0n) is 8.84. The molecule has 14 heavy (non-hydrogen) atoms. The van der Waals surface area contributed by atoms with Gasteiger partial charge in [0.1, 0.15) is 0 Å². The molecule has 0 amide bonds. The lowest BCUT2D eigenvalue weighted by atomic mass is 9.95. The van der Waals surface area contributed by atoms with Gasteiger partial charge in [0.15, 0.2) is 0 Å². The molecule has 1 rings (SSSR count). The van der Waals surface area contributed by atoms with Crippen molar-refractivity contribution >= 4 is 22.6 Å². The number of rotatable bonds is 3. The fourth-order valence-electron chi connectivity index (χ4n) is 1.55. The summed E-state index contributed by atoms with van der Waals surface area (Å²) in [6.07, 6.45) is 0. The maximum Gasteiger partial charge on any atom is 0.0493 e. The average molecular weight is 304 g/mol. The Labute approximate surface area is 99.4 Å². The summed E-state index contributed by atoms with van der Waals surface area (Å²) >= 11 is 2.38. The van der Waals surface area contributed by atoms with Crippen molar-refractivity contribution in [2.45, 2.75) is 26.8 Å². The third-order valence-electron chi connectivity index (χ3n) is 2.40. The highest BCUT2D eigenvalue weighted by atomic mass is 127. The predicted octanol–water partition coefficient (Wildman–Crippen LogP) is 2.76. The van der Waals surface area contributed by atoms with Crippen LogP contribution >= 0.6 is 22.6 Å². The normalized spacial score (nSPS) is 13.3. The molecule has 0 saturated carbocycles. The summed E-state index contributed by atoms with van der Waals surface area (Å²) in [4.78, 5) is 0. The molecule has 0 spiro atoms. The Morgan fingerprint density at radius 3 is 2.50 bits per heavy atom. The summed E-state index contributed by atoms with van der Waals surface area (Å²) in [5.41, 5.74) is 5.48. The SMILES string of the molecule is Cc1cccc(C(NN)C(C)C)c1I. The molecule has 0 aliphatic carbocycles. The lowest BCUT2D eigenvalue weighted by Gasteiger charge is -2.22. The summed E-state index contributed by atoms with van der Waals surface area (Å²) in [5.74, 6) is 6.07. The van der Waals surface area contributed by atoms with Gasteiger partial charge in [-0.05, 0) is 46.6 Å². The third-order valence-corrected chi connectivity index (χ3v) is 3.88. The number of benzene rings is 1. The number of halogens is 1. The van der Waals surface area contributed by atoms with Gasteiger partial charge in [-0.15, -0.1) is 0 Å². The molecule has 0 fully saturated rings. The van der Waals surface area contributed by atoms with Gasteiger partial charge in [0.25, 0.3) is 0 Å². The Balaban J connectivity index is 3.10. The minimum absolute atomic E-state index is 0.238. The second-order valence-corrected chi connectivity index (χ2v) is 4.95. The number of hydrazine groups is 1. The van der Waals surface area contributed by atoms with Gasteiger partial charge in [0.05, 0.1) is 0 Å². The van der Waals surface area contributed by atoms with Crippen molar-refractivity contribution in [3.8, 4) is 0 Å². The zero-order chi connectivity index (χ0) is 10.7. The quantitative estimate of drug-likeness (QED) is 0.512. The van der Waals surface area contributed by atoms with Crippen LogP contribution in [0.4, 0.5) is 0 Å². The molecule has 0 saturated heterocycles. The Kier molecular flexibility index (Phi) is 4.34.